The predicted molar refractivity (Wildman–Crippen MR) is 103 cm³/mol. The molecule has 0 radical (unpaired) electrons. The van der Waals surface area contributed by atoms with Gasteiger partial charge in [0.15, 0.2) is 11.5 Å². The largest absolute Gasteiger partial charge is 0.493 e. The van der Waals surface area contributed by atoms with Gasteiger partial charge in [-0.1, -0.05) is 26.0 Å². The summed E-state index contributed by atoms with van der Waals surface area (Å²) in [7, 11) is 3.23. The van der Waals surface area contributed by atoms with E-state index >= 15 is 0 Å². The number of carbonyl (C=O) groups excluding carboxylic acids is 2. The van der Waals surface area contributed by atoms with Crippen LogP contribution in [0.1, 0.15) is 38.7 Å². The maximum atomic E-state index is 13.4. The summed E-state index contributed by atoms with van der Waals surface area (Å²) < 4.78 is 10.9. The number of hydrogen-bond donors (Lipinski definition) is 0. The Morgan fingerprint density at radius 3 is 2.63 bits per heavy atom. The van der Waals surface area contributed by atoms with Crippen LogP contribution in [0.25, 0.3) is 0 Å². The molecule has 148 valence electrons. The quantitative estimate of drug-likeness (QED) is 0.795. The molecule has 1 aromatic rings. The van der Waals surface area contributed by atoms with Gasteiger partial charge in [0.05, 0.1) is 19.6 Å². The van der Waals surface area contributed by atoms with Gasteiger partial charge in [-0.3, -0.25) is 9.59 Å². The summed E-state index contributed by atoms with van der Waals surface area (Å²) in [6.45, 7) is 6.29. The lowest BCUT2D eigenvalue weighted by molar-refractivity contribution is -0.147. The van der Waals surface area contributed by atoms with Gasteiger partial charge in [-0.15, -0.1) is 0 Å². The number of hydrogen-bond acceptors (Lipinski definition) is 4. The molecule has 0 aromatic heterocycles. The molecule has 6 heteroatoms. The molecule has 2 aliphatic heterocycles. The molecule has 0 saturated carbocycles. The Balaban J connectivity index is 1.78. The Morgan fingerprint density at radius 1 is 1.19 bits per heavy atom. The summed E-state index contributed by atoms with van der Waals surface area (Å²) in [5, 5.41) is 0. The van der Waals surface area contributed by atoms with Crippen molar-refractivity contribution >= 4 is 11.8 Å². The Morgan fingerprint density at radius 2 is 1.96 bits per heavy atom. The first-order valence-electron chi connectivity index (χ1n) is 9.70. The van der Waals surface area contributed by atoms with Crippen LogP contribution < -0.4 is 9.47 Å². The molecule has 6 nitrogen and oxygen atoms in total. The zero-order chi connectivity index (χ0) is 19.6. The van der Waals surface area contributed by atoms with E-state index in [0.717, 1.165) is 31.4 Å². The van der Waals surface area contributed by atoms with Crippen LogP contribution >= 0.6 is 0 Å². The molecule has 0 N–H and O–H groups in total. The lowest BCUT2D eigenvalue weighted by Crippen LogP contribution is -2.50. The van der Waals surface area contributed by atoms with Crippen molar-refractivity contribution in [2.24, 2.45) is 11.3 Å². The topological polar surface area (TPSA) is 59.1 Å². The lowest BCUT2D eigenvalue weighted by Gasteiger charge is -2.39. The summed E-state index contributed by atoms with van der Waals surface area (Å²) in [6, 6.07) is 5.74. The van der Waals surface area contributed by atoms with Crippen molar-refractivity contribution in [1.29, 1.82) is 0 Å². The zero-order valence-electron chi connectivity index (χ0n) is 16.8. The normalized spacial score (nSPS) is 22.6. The summed E-state index contributed by atoms with van der Waals surface area (Å²) in [5.74, 6) is 1.62. The van der Waals surface area contributed by atoms with Crippen LogP contribution in [-0.2, 0) is 16.1 Å². The fourth-order valence-electron chi connectivity index (χ4n) is 4.39. The van der Waals surface area contributed by atoms with Crippen molar-refractivity contribution in [3.05, 3.63) is 23.8 Å². The smallest absolute Gasteiger partial charge is 0.230 e. The minimum Gasteiger partial charge on any atom is -0.493 e. The third kappa shape index (κ3) is 3.62. The van der Waals surface area contributed by atoms with E-state index in [1.807, 2.05) is 41.8 Å². The second-order valence-corrected chi connectivity index (χ2v) is 7.93. The molecule has 2 aliphatic rings. The molecule has 2 amide bonds. The maximum Gasteiger partial charge on any atom is 0.230 e. The van der Waals surface area contributed by atoms with Crippen molar-refractivity contribution in [2.75, 3.05) is 33.9 Å². The van der Waals surface area contributed by atoms with Crippen molar-refractivity contribution in [3.8, 4) is 11.5 Å². The summed E-state index contributed by atoms with van der Waals surface area (Å²) >= 11 is 0. The van der Waals surface area contributed by atoms with Gasteiger partial charge in [0.2, 0.25) is 11.8 Å². The molecule has 2 saturated heterocycles. The first-order valence-corrected chi connectivity index (χ1v) is 9.70. The summed E-state index contributed by atoms with van der Waals surface area (Å²) in [4.78, 5) is 29.5. The second-order valence-electron chi connectivity index (χ2n) is 7.93. The average Bonchev–Trinajstić information content (AvgIpc) is 3.09. The molecule has 1 atom stereocenters. The first kappa shape index (κ1) is 19.5. The van der Waals surface area contributed by atoms with Crippen LogP contribution in [0.3, 0.4) is 0 Å². The molecular formula is C21H30N2O4. The zero-order valence-corrected chi connectivity index (χ0v) is 16.8. The number of piperidine rings is 1. The number of amides is 2. The van der Waals surface area contributed by atoms with E-state index in [1.54, 1.807) is 14.2 Å². The van der Waals surface area contributed by atoms with Gasteiger partial charge in [-0.2, -0.15) is 0 Å². The van der Waals surface area contributed by atoms with E-state index in [4.69, 9.17) is 9.47 Å². The molecule has 2 heterocycles. The third-order valence-electron chi connectivity index (χ3n) is 5.83. The fraction of sp³-hybridized carbons (Fsp3) is 0.619. The van der Waals surface area contributed by atoms with E-state index in [-0.39, 0.29) is 17.7 Å². The Labute approximate surface area is 161 Å². The minimum atomic E-state index is -0.422. The maximum absolute atomic E-state index is 13.4. The predicted octanol–water partition coefficient (Wildman–Crippen LogP) is 2.70. The SMILES string of the molecule is COc1cccc(CN2CCC[C@]3(CCN(C(=O)C(C)C)C3)C2=O)c1OC. The highest BCUT2D eigenvalue weighted by atomic mass is 16.5. The number of nitrogens with zero attached hydrogens (tertiary/aromatic N) is 2. The average molecular weight is 374 g/mol. The number of likely N-dealkylation sites (tertiary alicyclic amines) is 2. The molecule has 3 rings (SSSR count). The first-order chi connectivity index (χ1) is 12.9. The third-order valence-corrected chi connectivity index (χ3v) is 5.83. The Bertz CT molecular complexity index is 718. The van der Waals surface area contributed by atoms with Crippen molar-refractivity contribution < 1.29 is 19.1 Å². The van der Waals surface area contributed by atoms with Gasteiger partial charge in [-0.05, 0) is 25.3 Å². The summed E-state index contributed by atoms with van der Waals surface area (Å²) in [5.41, 5.74) is 0.518. The summed E-state index contributed by atoms with van der Waals surface area (Å²) in [6.07, 6.45) is 2.58. The van der Waals surface area contributed by atoms with Gasteiger partial charge >= 0.3 is 0 Å². The van der Waals surface area contributed by atoms with Crippen LogP contribution in [0.5, 0.6) is 11.5 Å². The molecule has 1 aromatic carbocycles. The molecule has 1 spiro atoms. The number of para-hydroxylation sites is 1. The van der Waals surface area contributed by atoms with Crippen molar-refractivity contribution in [3.63, 3.8) is 0 Å². The van der Waals surface area contributed by atoms with Gasteiger partial charge in [-0.25, -0.2) is 0 Å². The standard InChI is InChI=1S/C21H30N2O4/c1-15(2)19(24)23-12-10-21(14-23)9-6-11-22(20(21)25)13-16-7-5-8-17(26-3)18(16)27-4/h5,7-8,15H,6,9-14H2,1-4H3/t21-/m1/s1. The lowest BCUT2D eigenvalue weighted by atomic mass is 9.78. The molecule has 0 unspecified atom stereocenters. The van der Waals surface area contributed by atoms with Gasteiger partial charge in [0.25, 0.3) is 0 Å². The van der Waals surface area contributed by atoms with Crippen LogP contribution in [0.4, 0.5) is 0 Å². The number of benzene rings is 1. The van der Waals surface area contributed by atoms with Crippen LogP contribution in [0.15, 0.2) is 18.2 Å². The van der Waals surface area contributed by atoms with Crippen molar-refractivity contribution in [2.45, 2.75) is 39.7 Å². The van der Waals surface area contributed by atoms with E-state index < -0.39 is 5.41 Å². The minimum absolute atomic E-state index is 0.0315. The van der Waals surface area contributed by atoms with Crippen LogP contribution in [-0.4, -0.2) is 55.5 Å². The highest BCUT2D eigenvalue weighted by Crippen LogP contribution is 2.41. The molecule has 27 heavy (non-hydrogen) atoms. The molecular weight excluding hydrogens is 344 g/mol. The number of ether oxygens (including phenoxy) is 2. The Kier molecular flexibility index (Phi) is 5.63. The van der Waals surface area contributed by atoms with Crippen LogP contribution in [0, 0.1) is 11.3 Å². The second kappa shape index (κ2) is 7.79. The Hall–Kier alpha value is -2.24. The number of carbonyl (C=O) groups is 2. The number of methoxy groups -OCH3 is 2. The van der Waals surface area contributed by atoms with Gasteiger partial charge in [0, 0.05) is 37.7 Å². The van der Waals surface area contributed by atoms with Gasteiger partial charge in [0.1, 0.15) is 0 Å². The molecule has 0 bridgehead atoms. The highest BCUT2D eigenvalue weighted by molar-refractivity contribution is 5.86. The van der Waals surface area contributed by atoms with Crippen LogP contribution in [0.2, 0.25) is 0 Å². The monoisotopic (exact) mass is 374 g/mol. The molecule has 0 aliphatic carbocycles. The van der Waals surface area contributed by atoms with Crippen molar-refractivity contribution in [1.82, 2.24) is 9.80 Å². The fourth-order valence-corrected chi connectivity index (χ4v) is 4.39. The number of rotatable bonds is 5. The van der Waals surface area contributed by atoms with E-state index in [1.165, 1.54) is 0 Å². The molecule has 2 fully saturated rings. The van der Waals surface area contributed by atoms with E-state index in [9.17, 15) is 9.59 Å². The highest BCUT2D eigenvalue weighted by Gasteiger charge is 2.49. The van der Waals surface area contributed by atoms with Gasteiger partial charge < -0.3 is 19.3 Å². The van der Waals surface area contributed by atoms with E-state index in [0.29, 0.717) is 31.1 Å². The van der Waals surface area contributed by atoms with E-state index in [2.05, 4.69) is 0 Å².